The summed E-state index contributed by atoms with van der Waals surface area (Å²) in [5, 5.41) is 19.9. The highest BCUT2D eigenvalue weighted by molar-refractivity contribution is 9.09. The molecular formula is C9H8BrNO4. The molecule has 1 rings (SSSR count). The van der Waals surface area contributed by atoms with Crippen LogP contribution >= 0.6 is 15.9 Å². The van der Waals surface area contributed by atoms with E-state index in [2.05, 4.69) is 15.9 Å². The summed E-state index contributed by atoms with van der Waals surface area (Å²) in [5.74, 6) is -1.07. The number of carbonyl (C=O) groups is 1. The van der Waals surface area contributed by atoms with E-state index >= 15 is 0 Å². The van der Waals surface area contributed by atoms with Crippen LogP contribution in [-0.4, -0.2) is 21.3 Å². The summed E-state index contributed by atoms with van der Waals surface area (Å²) in [5.41, 5.74) is 0.490. The quantitative estimate of drug-likeness (QED) is 0.518. The number of hydrogen-bond acceptors (Lipinski definition) is 3. The molecular weight excluding hydrogens is 266 g/mol. The fourth-order valence-corrected chi connectivity index (χ4v) is 1.64. The van der Waals surface area contributed by atoms with Crippen LogP contribution in [0.4, 0.5) is 5.69 Å². The van der Waals surface area contributed by atoms with Crippen LogP contribution in [-0.2, 0) is 6.42 Å². The molecule has 0 unspecified atom stereocenters. The van der Waals surface area contributed by atoms with E-state index in [9.17, 15) is 14.9 Å². The van der Waals surface area contributed by atoms with Gasteiger partial charge in [0.25, 0.3) is 5.69 Å². The summed E-state index contributed by atoms with van der Waals surface area (Å²) in [6.07, 6.45) is 0.448. The Morgan fingerprint density at radius 3 is 2.67 bits per heavy atom. The molecule has 0 bridgehead atoms. The second-order valence-electron chi connectivity index (χ2n) is 2.84. The minimum absolute atomic E-state index is 0.0871. The Labute approximate surface area is 94.0 Å². The Bertz CT molecular complexity index is 405. The minimum Gasteiger partial charge on any atom is -0.478 e. The largest absolute Gasteiger partial charge is 0.478 e. The predicted octanol–water partition coefficient (Wildman–Crippen LogP) is 2.23. The summed E-state index contributed by atoms with van der Waals surface area (Å²) >= 11 is 3.17. The first-order valence-electron chi connectivity index (χ1n) is 4.13. The zero-order valence-electron chi connectivity index (χ0n) is 7.64. The Balaban J connectivity index is 3.20. The van der Waals surface area contributed by atoms with Gasteiger partial charge in [0.15, 0.2) is 0 Å². The summed E-state index contributed by atoms with van der Waals surface area (Å²) in [6, 6.07) is 3.75. The van der Waals surface area contributed by atoms with Gasteiger partial charge in [-0.25, -0.2) is 4.79 Å². The van der Waals surface area contributed by atoms with Crippen molar-refractivity contribution < 1.29 is 14.8 Å². The third kappa shape index (κ3) is 2.76. The molecule has 0 fully saturated rings. The van der Waals surface area contributed by atoms with Crippen LogP contribution in [0.1, 0.15) is 15.9 Å². The fourth-order valence-electron chi connectivity index (χ4n) is 1.21. The van der Waals surface area contributed by atoms with Gasteiger partial charge in [0.05, 0.1) is 10.5 Å². The summed E-state index contributed by atoms with van der Waals surface area (Å²) in [6.45, 7) is 0. The Kier molecular flexibility index (Phi) is 3.79. The lowest BCUT2D eigenvalue weighted by Crippen LogP contribution is -2.04. The number of aryl methyl sites for hydroxylation is 1. The van der Waals surface area contributed by atoms with Gasteiger partial charge in [0, 0.05) is 17.5 Å². The molecule has 1 N–H and O–H groups in total. The number of alkyl halides is 1. The van der Waals surface area contributed by atoms with Crippen LogP contribution in [0.3, 0.4) is 0 Å². The number of non-ortho nitro benzene ring substituents is 1. The molecule has 6 heteroatoms. The van der Waals surface area contributed by atoms with Crippen LogP contribution in [0.2, 0.25) is 0 Å². The number of aromatic carboxylic acids is 1. The molecule has 5 nitrogen and oxygen atoms in total. The average Bonchev–Trinajstić information content (AvgIpc) is 2.17. The molecule has 0 aliphatic rings. The number of benzene rings is 1. The fraction of sp³-hybridized carbons (Fsp3) is 0.222. The van der Waals surface area contributed by atoms with Gasteiger partial charge in [-0.3, -0.25) is 10.1 Å². The van der Waals surface area contributed by atoms with Crippen LogP contribution in [0.25, 0.3) is 0 Å². The molecule has 0 aromatic heterocycles. The van der Waals surface area contributed by atoms with Crippen molar-refractivity contribution in [2.45, 2.75) is 6.42 Å². The van der Waals surface area contributed by atoms with Crippen LogP contribution in [0.5, 0.6) is 0 Å². The van der Waals surface area contributed by atoms with E-state index in [4.69, 9.17) is 5.11 Å². The topological polar surface area (TPSA) is 80.4 Å². The van der Waals surface area contributed by atoms with E-state index in [0.29, 0.717) is 17.3 Å². The van der Waals surface area contributed by atoms with Crippen molar-refractivity contribution in [1.82, 2.24) is 0 Å². The second kappa shape index (κ2) is 4.88. The van der Waals surface area contributed by atoms with Crippen LogP contribution in [0, 0.1) is 10.1 Å². The Morgan fingerprint density at radius 2 is 2.20 bits per heavy atom. The maximum absolute atomic E-state index is 10.8. The van der Waals surface area contributed by atoms with E-state index in [1.165, 1.54) is 18.2 Å². The van der Waals surface area contributed by atoms with Crippen molar-refractivity contribution in [3.05, 3.63) is 39.4 Å². The lowest BCUT2D eigenvalue weighted by atomic mass is 10.0. The van der Waals surface area contributed by atoms with Crippen molar-refractivity contribution in [2.24, 2.45) is 0 Å². The van der Waals surface area contributed by atoms with Crippen molar-refractivity contribution in [2.75, 3.05) is 5.33 Å². The molecule has 0 heterocycles. The number of nitro benzene ring substituents is 1. The number of nitrogens with zero attached hydrogens (tertiary/aromatic N) is 1. The monoisotopic (exact) mass is 273 g/mol. The summed E-state index contributed by atoms with van der Waals surface area (Å²) < 4.78 is 0. The van der Waals surface area contributed by atoms with Crippen molar-refractivity contribution in [1.29, 1.82) is 0 Å². The van der Waals surface area contributed by atoms with Crippen molar-refractivity contribution in [3.63, 3.8) is 0 Å². The van der Waals surface area contributed by atoms with E-state index in [1.807, 2.05) is 0 Å². The van der Waals surface area contributed by atoms with Crippen LogP contribution < -0.4 is 0 Å². The zero-order chi connectivity index (χ0) is 11.4. The molecule has 0 spiro atoms. The first-order valence-corrected chi connectivity index (χ1v) is 5.25. The molecule has 0 aliphatic heterocycles. The number of halogens is 1. The van der Waals surface area contributed by atoms with Gasteiger partial charge in [-0.05, 0) is 18.1 Å². The van der Waals surface area contributed by atoms with Crippen molar-refractivity contribution >= 4 is 27.6 Å². The normalized spacial score (nSPS) is 9.93. The lowest BCUT2D eigenvalue weighted by Gasteiger charge is -2.03. The van der Waals surface area contributed by atoms with Gasteiger partial charge in [-0.2, -0.15) is 0 Å². The van der Waals surface area contributed by atoms with E-state index < -0.39 is 10.9 Å². The number of hydrogen-bond donors (Lipinski definition) is 1. The Morgan fingerprint density at radius 1 is 1.53 bits per heavy atom. The predicted molar refractivity (Wildman–Crippen MR) is 57.6 cm³/mol. The van der Waals surface area contributed by atoms with Crippen molar-refractivity contribution in [3.8, 4) is 0 Å². The molecule has 15 heavy (non-hydrogen) atoms. The van der Waals surface area contributed by atoms with Gasteiger partial charge >= 0.3 is 5.97 Å². The zero-order valence-corrected chi connectivity index (χ0v) is 9.23. The molecule has 0 radical (unpaired) electrons. The molecule has 80 valence electrons. The highest BCUT2D eigenvalue weighted by Crippen LogP contribution is 2.19. The standard InChI is InChI=1S/C9H8BrNO4/c10-4-3-6-5-7(11(14)15)1-2-8(6)9(12)13/h1-2,5H,3-4H2,(H,12,13). The molecule has 0 saturated carbocycles. The number of carboxylic acid groups (broad SMARTS) is 1. The molecule has 0 saturated heterocycles. The minimum atomic E-state index is -1.07. The van der Waals surface area contributed by atoms with Gasteiger partial charge < -0.3 is 5.11 Å². The Hall–Kier alpha value is -1.43. The molecule has 1 aromatic carbocycles. The number of nitro groups is 1. The highest BCUT2D eigenvalue weighted by atomic mass is 79.9. The first-order chi connectivity index (χ1) is 7.06. The highest BCUT2D eigenvalue weighted by Gasteiger charge is 2.14. The molecule has 0 aliphatic carbocycles. The van der Waals surface area contributed by atoms with E-state index in [1.54, 1.807) is 0 Å². The van der Waals surface area contributed by atoms with Gasteiger partial charge in [-0.15, -0.1) is 0 Å². The number of carboxylic acids is 1. The summed E-state index contributed by atoms with van der Waals surface area (Å²) in [4.78, 5) is 20.7. The third-order valence-corrected chi connectivity index (χ3v) is 2.29. The number of rotatable bonds is 4. The van der Waals surface area contributed by atoms with E-state index in [-0.39, 0.29) is 11.3 Å². The molecule has 0 atom stereocenters. The molecule has 0 amide bonds. The van der Waals surface area contributed by atoms with Gasteiger partial charge in [-0.1, -0.05) is 15.9 Å². The maximum Gasteiger partial charge on any atom is 0.335 e. The van der Waals surface area contributed by atoms with Gasteiger partial charge in [0.1, 0.15) is 0 Å². The average molecular weight is 274 g/mol. The second-order valence-corrected chi connectivity index (χ2v) is 3.64. The SMILES string of the molecule is O=C(O)c1ccc([N+](=O)[O-])cc1CCBr. The van der Waals surface area contributed by atoms with E-state index in [0.717, 1.165) is 0 Å². The first kappa shape index (κ1) is 11.6. The van der Waals surface area contributed by atoms with Gasteiger partial charge in [0.2, 0.25) is 0 Å². The van der Waals surface area contributed by atoms with Crippen LogP contribution in [0.15, 0.2) is 18.2 Å². The lowest BCUT2D eigenvalue weighted by molar-refractivity contribution is -0.384. The maximum atomic E-state index is 10.8. The summed E-state index contributed by atoms with van der Waals surface area (Å²) in [7, 11) is 0. The molecule has 1 aromatic rings. The third-order valence-electron chi connectivity index (χ3n) is 1.89. The smallest absolute Gasteiger partial charge is 0.335 e.